The van der Waals surface area contributed by atoms with Crippen molar-refractivity contribution in [3.05, 3.63) is 71.3 Å². The maximum Gasteiger partial charge on any atom is 0.0177 e. The van der Waals surface area contributed by atoms with Gasteiger partial charge in [0, 0.05) is 12.0 Å². The van der Waals surface area contributed by atoms with Crippen LogP contribution < -0.4 is 5.32 Å². The van der Waals surface area contributed by atoms with Crippen molar-refractivity contribution < 1.29 is 0 Å². The molecule has 0 saturated carbocycles. The normalized spacial score (nSPS) is 22.6. The summed E-state index contributed by atoms with van der Waals surface area (Å²) in [6.45, 7) is 3.31. The van der Waals surface area contributed by atoms with E-state index in [2.05, 4.69) is 66.8 Å². The zero-order valence-corrected chi connectivity index (χ0v) is 11.5. The number of hydrogen-bond donors (Lipinski definition) is 1. The lowest BCUT2D eigenvalue weighted by molar-refractivity contribution is 0.544. The predicted octanol–water partition coefficient (Wildman–Crippen LogP) is 3.68. The molecule has 1 aliphatic rings. The summed E-state index contributed by atoms with van der Waals surface area (Å²) in [6.07, 6.45) is 2.38. The van der Waals surface area contributed by atoms with Crippen molar-refractivity contribution >= 4 is 0 Å². The molecule has 2 unspecified atom stereocenters. The molecule has 2 aromatic rings. The Kier molecular flexibility index (Phi) is 3.65. The van der Waals surface area contributed by atoms with Crippen molar-refractivity contribution in [3.63, 3.8) is 0 Å². The smallest absolute Gasteiger partial charge is 0.0177 e. The minimum Gasteiger partial charge on any atom is -0.313 e. The van der Waals surface area contributed by atoms with E-state index in [1.54, 1.807) is 0 Å². The lowest BCUT2D eigenvalue weighted by Gasteiger charge is -2.20. The standard InChI is InChI=1S/C18H21N/c1-14-6-5-9-16(12-14)17-10-11-19-18(17)13-15-7-3-2-4-8-15/h2-9,12,17-19H,10-11,13H2,1H3. The van der Waals surface area contributed by atoms with Gasteiger partial charge in [-0.2, -0.15) is 0 Å². The fraction of sp³-hybridized carbons (Fsp3) is 0.333. The van der Waals surface area contributed by atoms with E-state index in [4.69, 9.17) is 0 Å². The van der Waals surface area contributed by atoms with Crippen LogP contribution in [0, 0.1) is 6.92 Å². The van der Waals surface area contributed by atoms with Gasteiger partial charge in [0.05, 0.1) is 0 Å². The van der Waals surface area contributed by atoms with Crippen molar-refractivity contribution in [1.29, 1.82) is 0 Å². The highest BCUT2D eigenvalue weighted by atomic mass is 14.9. The minimum absolute atomic E-state index is 0.573. The van der Waals surface area contributed by atoms with Gasteiger partial charge in [-0.3, -0.25) is 0 Å². The molecule has 2 atom stereocenters. The van der Waals surface area contributed by atoms with Gasteiger partial charge in [-0.25, -0.2) is 0 Å². The van der Waals surface area contributed by atoms with Crippen LogP contribution in [-0.2, 0) is 6.42 Å². The molecule has 2 aromatic carbocycles. The van der Waals surface area contributed by atoms with Gasteiger partial charge in [-0.05, 0) is 37.4 Å². The number of benzene rings is 2. The van der Waals surface area contributed by atoms with E-state index in [1.807, 2.05) is 0 Å². The van der Waals surface area contributed by atoms with Gasteiger partial charge >= 0.3 is 0 Å². The molecule has 19 heavy (non-hydrogen) atoms. The zero-order chi connectivity index (χ0) is 13.1. The largest absolute Gasteiger partial charge is 0.313 e. The van der Waals surface area contributed by atoms with Gasteiger partial charge in [-0.15, -0.1) is 0 Å². The molecule has 0 radical (unpaired) electrons. The van der Waals surface area contributed by atoms with Gasteiger partial charge in [0.2, 0.25) is 0 Å². The first-order valence-corrected chi connectivity index (χ1v) is 7.17. The van der Waals surface area contributed by atoms with Crippen LogP contribution in [0.3, 0.4) is 0 Å². The Morgan fingerprint density at radius 3 is 2.68 bits per heavy atom. The van der Waals surface area contributed by atoms with Crippen molar-refractivity contribution in [3.8, 4) is 0 Å². The van der Waals surface area contributed by atoms with Crippen LogP contribution in [0.5, 0.6) is 0 Å². The maximum absolute atomic E-state index is 3.67. The molecule has 0 spiro atoms. The topological polar surface area (TPSA) is 12.0 Å². The Balaban J connectivity index is 1.78. The van der Waals surface area contributed by atoms with Gasteiger partial charge in [0.1, 0.15) is 0 Å². The lowest BCUT2D eigenvalue weighted by Crippen LogP contribution is -2.28. The van der Waals surface area contributed by atoms with Crippen molar-refractivity contribution in [2.24, 2.45) is 0 Å². The summed E-state index contributed by atoms with van der Waals surface area (Å²) in [5, 5.41) is 3.67. The molecule has 0 aliphatic carbocycles. The number of hydrogen-bond acceptors (Lipinski definition) is 1. The monoisotopic (exact) mass is 251 g/mol. The van der Waals surface area contributed by atoms with Crippen LogP contribution in [0.4, 0.5) is 0 Å². The van der Waals surface area contributed by atoms with Gasteiger partial charge in [-0.1, -0.05) is 60.2 Å². The van der Waals surface area contributed by atoms with E-state index in [9.17, 15) is 0 Å². The molecular formula is C18H21N. The summed E-state index contributed by atoms with van der Waals surface area (Å²) in [7, 11) is 0. The van der Waals surface area contributed by atoms with Crippen LogP contribution in [-0.4, -0.2) is 12.6 Å². The van der Waals surface area contributed by atoms with Gasteiger partial charge < -0.3 is 5.32 Å². The average molecular weight is 251 g/mol. The summed E-state index contributed by atoms with van der Waals surface area (Å²) in [5.41, 5.74) is 4.29. The molecular weight excluding hydrogens is 230 g/mol. The molecule has 0 aromatic heterocycles. The fourth-order valence-electron chi connectivity index (χ4n) is 3.15. The molecule has 1 heteroatoms. The third kappa shape index (κ3) is 2.87. The Hall–Kier alpha value is -1.60. The summed E-state index contributed by atoms with van der Waals surface area (Å²) >= 11 is 0. The van der Waals surface area contributed by atoms with E-state index in [0.717, 1.165) is 13.0 Å². The van der Waals surface area contributed by atoms with Crippen LogP contribution >= 0.6 is 0 Å². The Labute approximate surface area is 115 Å². The van der Waals surface area contributed by atoms with E-state index >= 15 is 0 Å². The van der Waals surface area contributed by atoms with Crippen LogP contribution in [0.1, 0.15) is 29.0 Å². The Morgan fingerprint density at radius 2 is 1.89 bits per heavy atom. The van der Waals surface area contributed by atoms with E-state index in [1.165, 1.54) is 23.1 Å². The van der Waals surface area contributed by atoms with Crippen molar-refractivity contribution in [2.75, 3.05) is 6.54 Å². The lowest BCUT2D eigenvalue weighted by atomic mass is 9.88. The highest BCUT2D eigenvalue weighted by Crippen LogP contribution is 2.30. The molecule has 3 rings (SSSR count). The van der Waals surface area contributed by atoms with Crippen molar-refractivity contribution in [2.45, 2.75) is 31.7 Å². The molecule has 1 N–H and O–H groups in total. The fourth-order valence-corrected chi connectivity index (χ4v) is 3.15. The first kappa shape index (κ1) is 12.4. The number of rotatable bonds is 3. The second-order valence-corrected chi connectivity index (χ2v) is 5.56. The Bertz CT molecular complexity index is 532. The predicted molar refractivity (Wildman–Crippen MR) is 80.5 cm³/mol. The zero-order valence-electron chi connectivity index (χ0n) is 11.5. The summed E-state index contributed by atoms with van der Waals surface area (Å²) < 4.78 is 0. The minimum atomic E-state index is 0.573. The van der Waals surface area contributed by atoms with Crippen LogP contribution in [0.15, 0.2) is 54.6 Å². The molecule has 1 saturated heterocycles. The molecule has 98 valence electrons. The SMILES string of the molecule is Cc1cccc(C2CCNC2Cc2ccccc2)c1. The summed E-state index contributed by atoms with van der Waals surface area (Å²) in [4.78, 5) is 0. The molecule has 1 nitrogen and oxygen atoms in total. The summed E-state index contributed by atoms with van der Waals surface area (Å²) in [6, 6.07) is 20.4. The van der Waals surface area contributed by atoms with Gasteiger partial charge in [0.25, 0.3) is 0 Å². The molecule has 0 amide bonds. The first-order chi connectivity index (χ1) is 9.33. The third-order valence-corrected chi connectivity index (χ3v) is 4.12. The molecule has 1 aliphatic heterocycles. The van der Waals surface area contributed by atoms with Crippen LogP contribution in [0.2, 0.25) is 0 Å². The molecule has 1 fully saturated rings. The number of aryl methyl sites for hydroxylation is 1. The highest BCUT2D eigenvalue weighted by Gasteiger charge is 2.28. The maximum atomic E-state index is 3.67. The quantitative estimate of drug-likeness (QED) is 0.877. The summed E-state index contributed by atoms with van der Waals surface area (Å²) in [5.74, 6) is 0.653. The van der Waals surface area contributed by atoms with E-state index in [0.29, 0.717) is 12.0 Å². The van der Waals surface area contributed by atoms with E-state index in [-0.39, 0.29) is 0 Å². The first-order valence-electron chi connectivity index (χ1n) is 7.17. The van der Waals surface area contributed by atoms with Crippen LogP contribution in [0.25, 0.3) is 0 Å². The van der Waals surface area contributed by atoms with Gasteiger partial charge in [0.15, 0.2) is 0 Å². The third-order valence-electron chi connectivity index (χ3n) is 4.12. The average Bonchev–Trinajstić information content (AvgIpc) is 2.88. The highest BCUT2D eigenvalue weighted by molar-refractivity contribution is 5.29. The molecule has 0 bridgehead atoms. The molecule has 1 heterocycles. The van der Waals surface area contributed by atoms with Crippen molar-refractivity contribution in [1.82, 2.24) is 5.32 Å². The Morgan fingerprint density at radius 1 is 1.05 bits per heavy atom. The number of nitrogens with one attached hydrogen (secondary N) is 1. The second kappa shape index (κ2) is 5.58. The second-order valence-electron chi connectivity index (χ2n) is 5.56. The van der Waals surface area contributed by atoms with E-state index < -0.39 is 0 Å².